The number of nitrogens with one attached hydrogen (secondary N) is 1. The first-order valence-corrected chi connectivity index (χ1v) is 8.22. The van der Waals surface area contributed by atoms with Crippen LogP contribution in [0, 0.1) is 6.92 Å². The Kier molecular flexibility index (Phi) is 5.15. The molecule has 0 saturated heterocycles. The fourth-order valence-electron chi connectivity index (χ4n) is 2.26. The van der Waals surface area contributed by atoms with Crippen LogP contribution in [-0.4, -0.2) is 18.0 Å². The van der Waals surface area contributed by atoms with Crippen molar-refractivity contribution in [2.45, 2.75) is 6.92 Å². The standard InChI is InChI=1S/C18H16N3O3S/c1-12-4-3-5-13(8-12)18(22)21-25-20-14-6-7-15(16(9-14)23-2)17-10-19-11-24-17/h3-11,19H,1-2H3/q+1. The van der Waals surface area contributed by atoms with Crippen molar-refractivity contribution in [2.75, 3.05) is 7.11 Å². The van der Waals surface area contributed by atoms with Crippen molar-refractivity contribution in [2.24, 2.45) is 4.36 Å². The lowest BCUT2D eigenvalue weighted by Gasteiger charge is -2.03. The van der Waals surface area contributed by atoms with E-state index in [1.54, 1.807) is 37.6 Å². The van der Waals surface area contributed by atoms with Gasteiger partial charge in [0.25, 0.3) is 11.7 Å². The van der Waals surface area contributed by atoms with Gasteiger partial charge in [0, 0.05) is 16.0 Å². The number of oxazole rings is 1. The predicted octanol–water partition coefficient (Wildman–Crippen LogP) is 4.90. The summed E-state index contributed by atoms with van der Waals surface area (Å²) in [7, 11) is 1.58. The van der Waals surface area contributed by atoms with Crippen LogP contribution in [0.5, 0.6) is 5.75 Å². The summed E-state index contributed by atoms with van der Waals surface area (Å²) in [6, 6.07) is 12.7. The molecule has 7 heteroatoms. The van der Waals surface area contributed by atoms with Gasteiger partial charge in [-0.25, -0.2) is 0 Å². The molecule has 1 heterocycles. The highest BCUT2D eigenvalue weighted by molar-refractivity contribution is 7.72. The zero-order valence-electron chi connectivity index (χ0n) is 13.7. The molecule has 0 saturated carbocycles. The van der Waals surface area contributed by atoms with E-state index in [-0.39, 0.29) is 5.91 Å². The topological polar surface area (TPSA) is 79.8 Å². The smallest absolute Gasteiger partial charge is 0.394 e. The molecule has 6 nitrogen and oxygen atoms in total. The van der Waals surface area contributed by atoms with E-state index in [2.05, 4.69) is 14.1 Å². The number of ether oxygens (including phenoxy) is 1. The summed E-state index contributed by atoms with van der Waals surface area (Å²) in [6.07, 6.45) is 3.22. The molecular formula is C18H16N3O3S+. The van der Waals surface area contributed by atoms with E-state index in [1.807, 2.05) is 25.1 Å². The number of carbonyl (C=O) groups excluding carboxylic acids is 1. The van der Waals surface area contributed by atoms with E-state index >= 15 is 0 Å². The van der Waals surface area contributed by atoms with Crippen LogP contribution in [0.4, 0.5) is 5.69 Å². The zero-order chi connectivity index (χ0) is 17.6. The SMILES string of the molecule is COc1cc(N=[S+][N-]C(=O)c2cccc(C)c2)ccc1-c1c[nH]c[o+]1. The molecule has 2 aromatic carbocycles. The second-order valence-electron chi connectivity index (χ2n) is 5.23. The van der Waals surface area contributed by atoms with Crippen LogP contribution in [0.3, 0.4) is 0 Å². The molecule has 0 radical (unpaired) electrons. The number of aromatic amines is 1. The van der Waals surface area contributed by atoms with Gasteiger partial charge in [-0.15, -0.1) is 0 Å². The van der Waals surface area contributed by atoms with Gasteiger partial charge in [-0.05, 0) is 25.1 Å². The molecule has 3 rings (SSSR count). The number of aryl methyl sites for hydroxylation is 1. The molecule has 0 aliphatic carbocycles. The lowest BCUT2D eigenvalue weighted by molar-refractivity contribution is 0.104. The second-order valence-corrected chi connectivity index (χ2v) is 5.76. The van der Waals surface area contributed by atoms with Crippen molar-refractivity contribution < 1.29 is 13.9 Å². The number of nitrogens with zero attached hydrogens (tertiary/aromatic N) is 2. The average Bonchev–Trinajstić information content (AvgIpc) is 3.16. The summed E-state index contributed by atoms with van der Waals surface area (Å²) in [6.45, 7) is 1.93. The molecule has 0 bridgehead atoms. The van der Waals surface area contributed by atoms with Crippen molar-refractivity contribution in [1.82, 2.24) is 4.98 Å². The summed E-state index contributed by atoms with van der Waals surface area (Å²) >= 11 is 0.853. The fraction of sp³-hybridized carbons (Fsp3) is 0.111. The Bertz CT molecular complexity index is 908. The van der Waals surface area contributed by atoms with Crippen LogP contribution < -0.4 is 4.74 Å². The van der Waals surface area contributed by atoms with Gasteiger partial charge in [0.05, 0.1) is 7.11 Å². The van der Waals surface area contributed by atoms with Crippen LogP contribution in [0.15, 0.2) is 63.8 Å². The zero-order valence-corrected chi connectivity index (χ0v) is 14.5. The lowest BCUT2D eigenvalue weighted by Crippen LogP contribution is -1.95. The molecule has 126 valence electrons. The molecule has 1 N–H and O–H groups in total. The van der Waals surface area contributed by atoms with Crippen molar-refractivity contribution in [3.63, 3.8) is 0 Å². The number of H-pyrrole nitrogens is 1. The quantitative estimate of drug-likeness (QED) is 0.523. The Morgan fingerprint density at radius 3 is 2.88 bits per heavy atom. The molecule has 0 unspecified atom stereocenters. The van der Waals surface area contributed by atoms with Crippen LogP contribution in [0.2, 0.25) is 0 Å². The third-order valence-electron chi connectivity index (χ3n) is 3.45. The summed E-state index contributed by atoms with van der Waals surface area (Å²) < 4.78 is 18.9. The number of rotatable bonds is 5. The van der Waals surface area contributed by atoms with Crippen LogP contribution in [-0.2, 0) is 11.7 Å². The first-order chi connectivity index (χ1) is 12.2. The largest absolute Gasteiger partial charge is 0.496 e. The van der Waals surface area contributed by atoms with Crippen LogP contribution in [0.25, 0.3) is 16.0 Å². The number of aromatic nitrogens is 1. The first-order valence-electron chi connectivity index (χ1n) is 7.49. The minimum Gasteiger partial charge on any atom is -0.496 e. The van der Waals surface area contributed by atoms with E-state index in [0.717, 1.165) is 22.9 Å². The second kappa shape index (κ2) is 7.67. The third-order valence-corrected chi connectivity index (χ3v) is 3.99. The van der Waals surface area contributed by atoms with Gasteiger partial charge in [0.1, 0.15) is 29.1 Å². The molecular weight excluding hydrogens is 338 g/mol. The fourth-order valence-corrected chi connectivity index (χ4v) is 2.69. The van der Waals surface area contributed by atoms with Gasteiger partial charge in [-0.3, -0.25) is 4.98 Å². The Morgan fingerprint density at radius 1 is 1.28 bits per heavy atom. The number of hydrogen-bond donors (Lipinski definition) is 1. The monoisotopic (exact) mass is 354 g/mol. The number of methoxy groups -OCH3 is 1. The molecule has 0 aliphatic rings. The Balaban J connectivity index is 1.72. The van der Waals surface area contributed by atoms with Crippen molar-refractivity contribution in [3.8, 4) is 17.1 Å². The third kappa shape index (κ3) is 4.07. The number of amides is 1. The average molecular weight is 354 g/mol. The summed E-state index contributed by atoms with van der Waals surface area (Å²) in [5, 5.41) is 0. The first kappa shape index (κ1) is 16.8. The minimum atomic E-state index is -0.313. The van der Waals surface area contributed by atoms with E-state index in [1.165, 1.54) is 6.39 Å². The molecule has 0 spiro atoms. The Morgan fingerprint density at radius 2 is 2.16 bits per heavy atom. The Hall–Kier alpha value is -3.06. The molecule has 0 atom stereocenters. The molecule has 0 fully saturated rings. The maximum absolute atomic E-state index is 12.0. The number of carbonyl (C=O) groups is 1. The van der Waals surface area contributed by atoms with Gasteiger partial charge < -0.3 is 14.3 Å². The number of benzene rings is 2. The highest BCUT2D eigenvalue weighted by atomic mass is 32.1. The molecule has 1 aromatic heterocycles. The molecule has 1 amide bonds. The van der Waals surface area contributed by atoms with E-state index in [4.69, 9.17) is 9.15 Å². The van der Waals surface area contributed by atoms with Gasteiger partial charge in [0.15, 0.2) is 0 Å². The Labute approximate surface area is 149 Å². The highest BCUT2D eigenvalue weighted by Gasteiger charge is 2.18. The van der Waals surface area contributed by atoms with E-state index in [9.17, 15) is 4.79 Å². The normalized spacial score (nSPS) is 10.8. The summed E-state index contributed by atoms with van der Waals surface area (Å²) in [5.74, 6) is 0.970. The van der Waals surface area contributed by atoms with E-state index < -0.39 is 0 Å². The van der Waals surface area contributed by atoms with E-state index in [0.29, 0.717) is 22.8 Å². The van der Waals surface area contributed by atoms with Crippen molar-refractivity contribution in [3.05, 3.63) is 70.9 Å². The van der Waals surface area contributed by atoms with Gasteiger partial charge in [-0.2, -0.15) is 4.42 Å². The van der Waals surface area contributed by atoms with Crippen molar-refractivity contribution in [1.29, 1.82) is 0 Å². The van der Waals surface area contributed by atoms with Crippen LogP contribution in [0.1, 0.15) is 15.9 Å². The predicted molar refractivity (Wildman–Crippen MR) is 97.8 cm³/mol. The summed E-state index contributed by atoms with van der Waals surface area (Å²) in [4.78, 5) is 14.9. The highest BCUT2D eigenvalue weighted by Crippen LogP contribution is 2.33. The minimum absolute atomic E-state index is 0.313. The maximum atomic E-state index is 12.0. The lowest BCUT2D eigenvalue weighted by atomic mass is 10.1. The maximum Gasteiger partial charge on any atom is 0.394 e. The molecule has 3 aromatic rings. The van der Waals surface area contributed by atoms with Crippen molar-refractivity contribution >= 4 is 23.3 Å². The number of hydrogen-bond acceptors (Lipinski definition) is 3. The van der Waals surface area contributed by atoms with Gasteiger partial charge in [0.2, 0.25) is 0 Å². The van der Waals surface area contributed by atoms with Gasteiger partial charge in [-0.1, -0.05) is 23.8 Å². The summed E-state index contributed by atoms with van der Waals surface area (Å²) in [5.41, 5.74) is 3.01. The van der Waals surface area contributed by atoms with Gasteiger partial charge >= 0.3 is 12.2 Å². The molecule has 0 aliphatic heterocycles. The molecule has 25 heavy (non-hydrogen) atoms. The van der Waals surface area contributed by atoms with Crippen LogP contribution >= 0.6 is 0 Å².